The molecule has 1 spiro atoms. The zero-order chi connectivity index (χ0) is 20.9. The summed E-state index contributed by atoms with van der Waals surface area (Å²) < 4.78 is 5.44. The third kappa shape index (κ3) is 5.34. The van der Waals surface area contributed by atoms with E-state index in [0.29, 0.717) is 25.2 Å². The number of carbonyl (C=O) groups excluding carboxylic acids is 2. The molecule has 29 heavy (non-hydrogen) atoms. The monoisotopic (exact) mass is 408 g/mol. The number of ether oxygens (including phenoxy) is 1. The van der Waals surface area contributed by atoms with E-state index in [0.717, 1.165) is 38.8 Å². The zero-order valence-corrected chi connectivity index (χ0v) is 17.0. The molecule has 2 fully saturated rings. The van der Waals surface area contributed by atoms with Gasteiger partial charge in [-0.15, -0.1) is 0 Å². The number of cyclic esters (lactones) is 1. The van der Waals surface area contributed by atoms with E-state index in [4.69, 9.17) is 4.74 Å². The van der Waals surface area contributed by atoms with Gasteiger partial charge in [-0.1, -0.05) is 6.42 Å². The first kappa shape index (κ1) is 21.7. The Bertz CT molecular complexity index is 672. The number of esters is 1. The van der Waals surface area contributed by atoms with Gasteiger partial charge >= 0.3 is 5.97 Å². The zero-order valence-electron chi connectivity index (χ0n) is 17.0. The Labute approximate surface area is 171 Å². The molecule has 162 valence electrons. The van der Waals surface area contributed by atoms with Crippen LogP contribution in [-0.2, 0) is 9.53 Å². The highest BCUT2D eigenvalue weighted by molar-refractivity contribution is 5.92. The molecule has 2 atom stereocenters. The number of aliphatic hydroxyl groups excluding tert-OH is 2. The molecule has 9 nitrogen and oxygen atoms in total. The van der Waals surface area contributed by atoms with Gasteiger partial charge in [0, 0.05) is 13.1 Å². The second-order valence-electron chi connectivity index (χ2n) is 8.32. The molecule has 2 aliphatic heterocycles. The third-order valence-electron chi connectivity index (χ3n) is 6.25. The third-order valence-corrected chi connectivity index (χ3v) is 6.25. The van der Waals surface area contributed by atoms with Crippen LogP contribution in [0.3, 0.4) is 0 Å². The van der Waals surface area contributed by atoms with Crippen LogP contribution >= 0.6 is 0 Å². The smallest absolute Gasteiger partial charge is 0.312 e. The van der Waals surface area contributed by atoms with Crippen LogP contribution in [0.1, 0.15) is 49.0 Å². The second-order valence-corrected chi connectivity index (χ2v) is 8.32. The van der Waals surface area contributed by atoms with Crippen molar-refractivity contribution < 1.29 is 24.5 Å². The molecular weight excluding hydrogens is 376 g/mol. The summed E-state index contributed by atoms with van der Waals surface area (Å²) in [5.74, 6) is -0.457. The number of H-pyrrole nitrogens is 1. The number of amides is 1. The lowest BCUT2D eigenvalue weighted by Crippen LogP contribution is -2.45. The number of aromatic nitrogens is 2. The van der Waals surface area contributed by atoms with Crippen LogP contribution in [-0.4, -0.2) is 93.9 Å². The van der Waals surface area contributed by atoms with Crippen LogP contribution in [0.2, 0.25) is 0 Å². The predicted octanol–water partition coefficient (Wildman–Crippen LogP) is 0.403. The molecule has 3 N–H and O–H groups in total. The molecular formula is C20H32N4O5. The van der Waals surface area contributed by atoms with Gasteiger partial charge in [0.05, 0.1) is 24.0 Å². The van der Waals surface area contributed by atoms with Gasteiger partial charge in [-0.2, -0.15) is 0 Å². The molecule has 0 bridgehead atoms. The number of nitrogens with one attached hydrogen (secondary N) is 1. The molecule has 0 saturated carbocycles. The summed E-state index contributed by atoms with van der Waals surface area (Å²) in [6.45, 7) is 2.24. The number of nitrogens with zero attached hydrogens (tertiary/aromatic N) is 3. The average Bonchev–Trinajstić information content (AvgIpc) is 3.26. The van der Waals surface area contributed by atoms with E-state index in [1.54, 1.807) is 4.90 Å². The van der Waals surface area contributed by atoms with Gasteiger partial charge in [-0.25, -0.2) is 4.98 Å². The predicted molar refractivity (Wildman–Crippen MR) is 105 cm³/mol. The second kappa shape index (κ2) is 9.69. The number of likely N-dealkylation sites (tertiary alicyclic amines) is 1. The van der Waals surface area contributed by atoms with Crippen molar-refractivity contribution in [1.82, 2.24) is 19.8 Å². The minimum absolute atomic E-state index is 0.180. The highest BCUT2D eigenvalue weighted by atomic mass is 16.5. The summed E-state index contributed by atoms with van der Waals surface area (Å²) in [5.41, 5.74) is -0.154. The Balaban J connectivity index is 1.72. The van der Waals surface area contributed by atoms with Gasteiger partial charge < -0.3 is 29.7 Å². The van der Waals surface area contributed by atoms with Crippen LogP contribution in [0, 0.1) is 5.41 Å². The Morgan fingerprint density at radius 2 is 1.93 bits per heavy atom. The Morgan fingerprint density at radius 3 is 2.62 bits per heavy atom. The van der Waals surface area contributed by atoms with E-state index >= 15 is 0 Å². The maximum absolute atomic E-state index is 12.9. The van der Waals surface area contributed by atoms with Crippen molar-refractivity contribution in [3.05, 3.63) is 18.2 Å². The van der Waals surface area contributed by atoms with Crippen molar-refractivity contribution in [3.8, 4) is 0 Å². The van der Waals surface area contributed by atoms with Crippen molar-refractivity contribution in [1.29, 1.82) is 0 Å². The first-order valence-electron chi connectivity index (χ1n) is 10.4. The lowest BCUT2D eigenvalue weighted by atomic mass is 9.74. The average molecular weight is 408 g/mol. The van der Waals surface area contributed by atoms with Gasteiger partial charge in [0.25, 0.3) is 5.91 Å². The van der Waals surface area contributed by atoms with E-state index in [9.17, 15) is 19.8 Å². The maximum Gasteiger partial charge on any atom is 0.312 e. The Morgan fingerprint density at radius 1 is 1.17 bits per heavy atom. The lowest BCUT2D eigenvalue weighted by molar-refractivity contribution is -0.164. The first-order valence-corrected chi connectivity index (χ1v) is 10.4. The lowest BCUT2D eigenvalue weighted by Gasteiger charge is -2.39. The molecule has 2 aliphatic rings. The van der Waals surface area contributed by atoms with Crippen molar-refractivity contribution in [3.63, 3.8) is 0 Å². The van der Waals surface area contributed by atoms with Crippen molar-refractivity contribution >= 4 is 11.9 Å². The molecule has 3 heterocycles. The van der Waals surface area contributed by atoms with E-state index < -0.39 is 17.6 Å². The van der Waals surface area contributed by atoms with E-state index in [2.05, 4.69) is 14.9 Å². The van der Waals surface area contributed by atoms with E-state index in [-0.39, 0.29) is 24.9 Å². The minimum Gasteiger partial charge on any atom is -0.462 e. The fraction of sp³-hybridized carbons (Fsp3) is 0.750. The molecule has 3 rings (SSSR count). The van der Waals surface area contributed by atoms with Crippen LogP contribution < -0.4 is 0 Å². The Hall–Kier alpha value is -1.97. The van der Waals surface area contributed by atoms with Crippen LogP contribution in [0.4, 0.5) is 0 Å². The molecule has 0 aliphatic carbocycles. The SMILES string of the molecule is CN1CCC2(CCCCN(C(=O)c3cnc[nH]3)CC[C@H](O)[C@H](O)COC2=O)CC1. The van der Waals surface area contributed by atoms with Crippen LogP contribution in [0.15, 0.2) is 12.5 Å². The molecule has 1 aromatic heterocycles. The molecule has 2 saturated heterocycles. The fourth-order valence-electron chi connectivity index (χ4n) is 4.13. The summed E-state index contributed by atoms with van der Waals surface area (Å²) in [6, 6.07) is 0. The quantitative estimate of drug-likeness (QED) is 0.576. The molecule has 1 amide bonds. The summed E-state index contributed by atoms with van der Waals surface area (Å²) in [6.07, 6.45) is 4.59. The first-order chi connectivity index (χ1) is 13.9. The number of hydrogen-bond acceptors (Lipinski definition) is 7. The van der Waals surface area contributed by atoms with Crippen molar-refractivity contribution in [2.75, 3.05) is 39.8 Å². The number of aromatic amines is 1. The number of imidazole rings is 1. The number of rotatable bonds is 1. The number of carbonyl (C=O) groups is 2. The number of piperidine rings is 1. The topological polar surface area (TPSA) is 119 Å². The normalized spacial score (nSPS) is 27.6. The molecule has 0 aromatic carbocycles. The summed E-state index contributed by atoms with van der Waals surface area (Å²) in [7, 11) is 2.04. The summed E-state index contributed by atoms with van der Waals surface area (Å²) in [5, 5.41) is 20.5. The minimum atomic E-state index is -1.17. The van der Waals surface area contributed by atoms with Gasteiger partial charge in [0.15, 0.2) is 0 Å². The van der Waals surface area contributed by atoms with Crippen molar-refractivity contribution in [2.24, 2.45) is 5.41 Å². The van der Waals surface area contributed by atoms with Gasteiger partial charge in [-0.05, 0) is 52.2 Å². The van der Waals surface area contributed by atoms with Crippen LogP contribution in [0.5, 0.6) is 0 Å². The molecule has 9 heteroatoms. The van der Waals surface area contributed by atoms with Gasteiger partial charge in [0.1, 0.15) is 18.4 Å². The largest absolute Gasteiger partial charge is 0.462 e. The van der Waals surface area contributed by atoms with Gasteiger partial charge in [-0.3, -0.25) is 9.59 Å². The van der Waals surface area contributed by atoms with E-state index in [1.165, 1.54) is 12.5 Å². The molecule has 0 radical (unpaired) electrons. The Kier molecular flexibility index (Phi) is 7.26. The summed E-state index contributed by atoms with van der Waals surface area (Å²) >= 11 is 0. The maximum atomic E-state index is 12.9. The molecule has 0 unspecified atom stereocenters. The van der Waals surface area contributed by atoms with Crippen LogP contribution in [0.25, 0.3) is 0 Å². The standard InChI is InChI=1S/C20H32N4O5/c1-23-10-6-20(7-11-23)5-2-3-8-24(18(27)15-12-21-14-22-15)9-4-16(25)17(26)13-29-19(20)28/h12,14,16-17,25-26H,2-11,13H2,1H3,(H,21,22)/t16-,17+/m0/s1. The fourth-order valence-corrected chi connectivity index (χ4v) is 4.13. The van der Waals surface area contributed by atoms with Crippen molar-refractivity contribution in [2.45, 2.75) is 50.7 Å². The highest BCUT2D eigenvalue weighted by Crippen LogP contribution is 2.38. The van der Waals surface area contributed by atoms with Gasteiger partial charge in [0.2, 0.25) is 0 Å². The highest BCUT2D eigenvalue weighted by Gasteiger charge is 2.42. The molecule has 1 aromatic rings. The summed E-state index contributed by atoms with van der Waals surface area (Å²) in [4.78, 5) is 36.2. The number of hydrogen-bond donors (Lipinski definition) is 3. The number of aliphatic hydroxyl groups is 2. The van der Waals surface area contributed by atoms with E-state index in [1.807, 2.05) is 7.05 Å².